The maximum absolute atomic E-state index is 12.3. The first-order valence-corrected chi connectivity index (χ1v) is 10.7. The summed E-state index contributed by atoms with van der Waals surface area (Å²) in [6.07, 6.45) is 4.38. The van der Waals surface area contributed by atoms with Crippen molar-refractivity contribution < 1.29 is 13.2 Å². The van der Waals surface area contributed by atoms with E-state index < -0.39 is 9.84 Å². The van der Waals surface area contributed by atoms with Crippen molar-refractivity contribution in [2.24, 2.45) is 0 Å². The summed E-state index contributed by atoms with van der Waals surface area (Å²) in [7, 11) is -2.87. The number of sulfone groups is 1. The van der Waals surface area contributed by atoms with Gasteiger partial charge >= 0.3 is 0 Å². The number of amides is 1. The average molecular weight is 353 g/mol. The highest BCUT2D eigenvalue weighted by Crippen LogP contribution is 2.09. The summed E-state index contributed by atoms with van der Waals surface area (Å²) < 4.78 is 22.3. The van der Waals surface area contributed by atoms with E-state index in [0.717, 1.165) is 45.6 Å². The Balaban J connectivity index is 1.62. The molecule has 24 heavy (non-hydrogen) atoms. The Kier molecular flexibility index (Phi) is 7.24. The van der Waals surface area contributed by atoms with Crippen LogP contribution in [-0.4, -0.2) is 68.9 Å². The highest BCUT2D eigenvalue weighted by molar-refractivity contribution is 7.90. The number of benzene rings is 1. The van der Waals surface area contributed by atoms with Crippen molar-refractivity contribution in [3.05, 3.63) is 35.9 Å². The maximum atomic E-state index is 12.3. The van der Waals surface area contributed by atoms with Crippen molar-refractivity contribution >= 4 is 15.7 Å². The minimum absolute atomic E-state index is 0.238. The third-order valence-corrected chi connectivity index (χ3v) is 5.44. The number of rotatable bonds is 8. The predicted molar refractivity (Wildman–Crippen MR) is 96.7 cm³/mol. The van der Waals surface area contributed by atoms with Crippen molar-refractivity contribution in [2.45, 2.75) is 25.7 Å². The standard InChI is InChI=1S/C18H28N2O3S/c1-24(22,23)16-6-11-19-12-14-20(15-13-19)18(21)10-5-9-17-7-3-2-4-8-17/h2-4,7-8H,5-6,9-16H2,1H3. The average Bonchev–Trinajstić information content (AvgIpc) is 2.55. The third kappa shape index (κ3) is 7.01. The van der Waals surface area contributed by atoms with Gasteiger partial charge in [-0.1, -0.05) is 30.3 Å². The number of carbonyl (C=O) groups is 1. The Bertz CT molecular complexity index is 608. The second-order valence-corrected chi connectivity index (χ2v) is 8.80. The zero-order valence-corrected chi connectivity index (χ0v) is 15.3. The lowest BCUT2D eigenvalue weighted by Gasteiger charge is -2.34. The molecule has 2 rings (SSSR count). The van der Waals surface area contributed by atoms with E-state index in [1.165, 1.54) is 11.8 Å². The first-order valence-electron chi connectivity index (χ1n) is 8.66. The Morgan fingerprint density at radius 2 is 1.71 bits per heavy atom. The van der Waals surface area contributed by atoms with Crippen LogP contribution in [0.2, 0.25) is 0 Å². The maximum Gasteiger partial charge on any atom is 0.222 e. The van der Waals surface area contributed by atoms with Gasteiger partial charge in [-0.25, -0.2) is 8.42 Å². The van der Waals surface area contributed by atoms with Gasteiger partial charge in [0.1, 0.15) is 9.84 Å². The molecule has 0 bridgehead atoms. The van der Waals surface area contributed by atoms with E-state index in [0.29, 0.717) is 12.8 Å². The Hall–Kier alpha value is -1.40. The molecule has 1 aromatic rings. The summed E-state index contributed by atoms with van der Waals surface area (Å²) in [6.45, 7) is 3.98. The van der Waals surface area contributed by atoms with Gasteiger partial charge < -0.3 is 4.90 Å². The van der Waals surface area contributed by atoms with Crippen LogP contribution in [0.4, 0.5) is 0 Å². The van der Waals surface area contributed by atoms with Crippen LogP contribution in [0.25, 0.3) is 0 Å². The van der Waals surface area contributed by atoms with Crippen LogP contribution in [0.15, 0.2) is 30.3 Å². The van der Waals surface area contributed by atoms with E-state index >= 15 is 0 Å². The number of nitrogens with zero attached hydrogens (tertiary/aromatic N) is 2. The summed E-state index contributed by atoms with van der Waals surface area (Å²) in [6, 6.07) is 10.3. The molecule has 1 saturated heterocycles. The molecule has 0 aliphatic carbocycles. The van der Waals surface area contributed by atoms with E-state index in [2.05, 4.69) is 17.0 Å². The summed E-state index contributed by atoms with van der Waals surface area (Å²) in [4.78, 5) is 16.5. The summed E-state index contributed by atoms with van der Waals surface area (Å²) in [5.74, 6) is 0.479. The molecule has 0 unspecified atom stereocenters. The lowest BCUT2D eigenvalue weighted by molar-refractivity contribution is -0.133. The van der Waals surface area contributed by atoms with Crippen LogP contribution in [0.1, 0.15) is 24.8 Å². The van der Waals surface area contributed by atoms with E-state index in [1.54, 1.807) is 0 Å². The molecule has 0 spiro atoms. The van der Waals surface area contributed by atoms with Crippen molar-refractivity contribution in [1.82, 2.24) is 9.80 Å². The van der Waals surface area contributed by atoms with Crippen molar-refractivity contribution in [3.8, 4) is 0 Å². The molecule has 0 atom stereocenters. The van der Waals surface area contributed by atoms with Gasteiger partial charge in [-0.15, -0.1) is 0 Å². The second-order valence-electron chi connectivity index (χ2n) is 6.55. The van der Waals surface area contributed by atoms with Crippen LogP contribution in [0.5, 0.6) is 0 Å². The van der Waals surface area contributed by atoms with Gasteiger partial charge in [-0.3, -0.25) is 9.69 Å². The number of hydrogen-bond acceptors (Lipinski definition) is 4. The molecule has 6 heteroatoms. The summed E-state index contributed by atoms with van der Waals surface area (Å²) in [5, 5.41) is 0. The third-order valence-electron chi connectivity index (χ3n) is 4.41. The van der Waals surface area contributed by atoms with Crippen LogP contribution in [0.3, 0.4) is 0 Å². The smallest absolute Gasteiger partial charge is 0.222 e. The molecule has 0 saturated carbocycles. The van der Waals surface area contributed by atoms with Gasteiger partial charge in [0.15, 0.2) is 0 Å². The fourth-order valence-corrected chi connectivity index (χ4v) is 3.67. The molecule has 0 radical (unpaired) electrons. The first kappa shape index (κ1) is 18.9. The number of hydrogen-bond donors (Lipinski definition) is 0. The van der Waals surface area contributed by atoms with Gasteiger partial charge in [0.25, 0.3) is 0 Å². The van der Waals surface area contributed by atoms with Crippen LogP contribution in [-0.2, 0) is 21.1 Å². The van der Waals surface area contributed by atoms with Crippen LogP contribution < -0.4 is 0 Å². The van der Waals surface area contributed by atoms with E-state index in [1.807, 2.05) is 23.1 Å². The number of piperazine rings is 1. The fraction of sp³-hybridized carbons (Fsp3) is 0.611. The van der Waals surface area contributed by atoms with E-state index in [-0.39, 0.29) is 11.7 Å². The molecular weight excluding hydrogens is 324 g/mol. The molecule has 5 nitrogen and oxygen atoms in total. The Morgan fingerprint density at radius 3 is 2.33 bits per heavy atom. The topological polar surface area (TPSA) is 57.7 Å². The molecule has 1 heterocycles. The van der Waals surface area contributed by atoms with Crippen molar-refractivity contribution in [1.29, 1.82) is 0 Å². The highest BCUT2D eigenvalue weighted by atomic mass is 32.2. The number of aryl methyl sites for hydroxylation is 1. The van der Waals surface area contributed by atoms with Gasteiger partial charge in [0.2, 0.25) is 5.91 Å². The van der Waals surface area contributed by atoms with Gasteiger partial charge in [-0.2, -0.15) is 0 Å². The Labute approximate surface area is 145 Å². The monoisotopic (exact) mass is 352 g/mol. The zero-order chi connectivity index (χ0) is 17.4. The molecule has 0 N–H and O–H groups in total. The van der Waals surface area contributed by atoms with E-state index in [9.17, 15) is 13.2 Å². The van der Waals surface area contributed by atoms with Crippen molar-refractivity contribution in [3.63, 3.8) is 0 Å². The lowest BCUT2D eigenvalue weighted by atomic mass is 10.1. The lowest BCUT2D eigenvalue weighted by Crippen LogP contribution is -2.49. The molecule has 1 aliphatic heterocycles. The van der Waals surface area contributed by atoms with Gasteiger partial charge in [0, 0.05) is 38.9 Å². The molecule has 1 aliphatic rings. The molecule has 1 fully saturated rings. The SMILES string of the molecule is CS(=O)(=O)CCCN1CCN(C(=O)CCCc2ccccc2)CC1. The largest absolute Gasteiger partial charge is 0.340 e. The minimum atomic E-state index is -2.87. The summed E-state index contributed by atoms with van der Waals surface area (Å²) in [5.41, 5.74) is 1.28. The Morgan fingerprint density at radius 1 is 1.04 bits per heavy atom. The molecule has 134 valence electrons. The predicted octanol–water partition coefficient (Wildman–Crippen LogP) is 1.59. The molecule has 0 aromatic heterocycles. The number of carbonyl (C=O) groups excluding carboxylic acids is 1. The fourth-order valence-electron chi connectivity index (χ4n) is 3.02. The van der Waals surface area contributed by atoms with E-state index in [4.69, 9.17) is 0 Å². The second kappa shape index (κ2) is 9.18. The zero-order valence-electron chi connectivity index (χ0n) is 14.5. The molecular formula is C18H28N2O3S. The summed E-state index contributed by atoms with van der Waals surface area (Å²) >= 11 is 0. The molecule has 1 aromatic carbocycles. The normalized spacial score (nSPS) is 16.3. The minimum Gasteiger partial charge on any atom is -0.340 e. The quantitative estimate of drug-likeness (QED) is 0.713. The van der Waals surface area contributed by atoms with Crippen LogP contribution in [0, 0.1) is 0 Å². The van der Waals surface area contributed by atoms with Crippen molar-refractivity contribution in [2.75, 3.05) is 44.7 Å². The van der Waals surface area contributed by atoms with Crippen LogP contribution >= 0.6 is 0 Å². The highest BCUT2D eigenvalue weighted by Gasteiger charge is 2.20. The molecule has 1 amide bonds. The van der Waals surface area contributed by atoms with Gasteiger partial charge in [-0.05, 0) is 31.4 Å². The van der Waals surface area contributed by atoms with Gasteiger partial charge in [0.05, 0.1) is 5.75 Å². The first-order chi connectivity index (χ1) is 11.4.